The number of aliphatic carboxylic acids is 1. The molecule has 0 amide bonds. The lowest BCUT2D eigenvalue weighted by Gasteiger charge is -2.25. The van der Waals surface area contributed by atoms with E-state index in [1.165, 1.54) is 13.1 Å². The number of aromatic nitrogens is 2. The highest BCUT2D eigenvalue weighted by atomic mass is 35.5. The number of fused-ring (bicyclic) bond motifs is 1. The Morgan fingerprint density at radius 3 is 2.68 bits per heavy atom. The Hall–Kier alpha value is -4.53. The second-order valence-electron chi connectivity index (χ2n) is 10.4. The molecule has 0 fully saturated rings. The molecule has 0 aliphatic rings. The van der Waals surface area contributed by atoms with Gasteiger partial charge in [0, 0.05) is 36.1 Å². The van der Waals surface area contributed by atoms with Gasteiger partial charge < -0.3 is 19.7 Å². The molecule has 0 spiro atoms. The van der Waals surface area contributed by atoms with Gasteiger partial charge in [0.2, 0.25) is 0 Å². The van der Waals surface area contributed by atoms with Crippen LogP contribution in [0.2, 0.25) is 5.02 Å². The maximum Gasteiger partial charge on any atom is 0.326 e. The van der Waals surface area contributed by atoms with Crippen molar-refractivity contribution in [3.63, 3.8) is 0 Å². The Bertz CT molecular complexity index is 1870. The van der Waals surface area contributed by atoms with Crippen molar-refractivity contribution >= 4 is 39.1 Å². The normalized spacial score (nSPS) is 12.4. The number of carboxylic acid groups (broad SMARTS) is 1. The summed E-state index contributed by atoms with van der Waals surface area (Å²) in [7, 11) is 0. The van der Waals surface area contributed by atoms with Gasteiger partial charge in [-0.2, -0.15) is 5.26 Å². The van der Waals surface area contributed by atoms with Crippen molar-refractivity contribution in [1.82, 2.24) is 15.3 Å². The Morgan fingerprint density at radius 1 is 1.09 bits per heavy atom. The third-order valence-electron chi connectivity index (χ3n) is 7.36. The zero-order valence-corrected chi connectivity index (χ0v) is 25.6. The van der Waals surface area contributed by atoms with Gasteiger partial charge >= 0.3 is 5.97 Å². The van der Waals surface area contributed by atoms with Crippen molar-refractivity contribution in [1.29, 1.82) is 5.26 Å². The van der Waals surface area contributed by atoms with E-state index in [-0.39, 0.29) is 19.8 Å². The zero-order valence-electron chi connectivity index (χ0n) is 24.0. The topological polar surface area (TPSA) is 138 Å². The first-order valence-electron chi connectivity index (χ1n) is 13.6. The standard InChI is InChI=1S/C33H29ClN4O5S/c1-20-24(4-3-5-26(20)23-6-7-31-28(10-23)37-19-44-31)17-43-30-11-29(42-16-22-8-21(12-35)13-36-14-22)25(9-27(30)34)15-38-33(2,18-39)32(40)41/h3-11,13-14,19,38-39H,15-18H2,1-2H3,(H,40,41). The highest BCUT2D eigenvalue weighted by molar-refractivity contribution is 7.16. The molecule has 0 saturated carbocycles. The number of aliphatic hydroxyl groups excluding tert-OH is 1. The summed E-state index contributed by atoms with van der Waals surface area (Å²) in [6.07, 6.45) is 3.06. The van der Waals surface area contributed by atoms with Crippen LogP contribution >= 0.6 is 22.9 Å². The van der Waals surface area contributed by atoms with Crippen LogP contribution < -0.4 is 14.8 Å². The van der Waals surface area contributed by atoms with Crippen LogP contribution in [0.4, 0.5) is 0 Å². The number of pyridine rings is 1. The molecule has 11 heteroatoms. The Morgan fingerprint density at radius 2 is 1.91 bits per heavy atom. The molecule has 1 atom stereocenters. The average molecular weight is 629 g/mol. The van der Waals surface area contributed by atoms with Gasteiger partial charge in [-0.15, -0.1) is 11.3 Å². The van der Waals surface area contributed by atoms with Crippen molar-refractivity contribution in [2.45, 2.75) is 39.1 Å². The Labute approximate surface area is 263 Å². The molecule has 5 aromatic rings. The summed E-state index contributed by atoms with van der Waals surface area (Å²) in [5.74, 6) is -0.421. The molecule has 0 aliphatic heterocycles. The van der Waals surface area contributed by atoms with E-state index in [1.54, 1.807) is 35.7 Å². The summed E-state index contributed by atoms with van der Waals surface area (Å²) in [6, 6.07) is 19.4. The third-order valence-corrected chi connectivity index (χ3v) is 8.47. The molecule has 2 aromatic heterocycles. The number of thiazole rings is 1. The van der Waals surface area contributed by atoms with Gasteiger partial charge in [-0.3, -0.25) is 15.1 Å². The van der Waals surface area contributed by atoms with E-state index in [9.17, 15) is 20.3 Å². The Balaban J connectivity index is 1.40. The summed E-state index contributed by atoms with van der Waals surface area (Å²) < 4.78 is 13.5. The van der Waals surface area contributed by atoms with E-state index in [0.29, 0.717) is 33.2 Å². The van der Waals surface area contributed by atoms with Crippen LogP contribution in [0, 0.1) is 18.3 Å². The molecule has 3 aromatic carbocycles. The highest BCUT2D eigenvalue weighted by Gasteiger charge is 2.32. The number of rotatable bonds is 12. The third kappa shape index (κ3) is 6.82. The van der Waals surface area contributed by atoms with E-state index in [1.807, 2.05) is 24.6 Å². The van der Waals surface area contributed by atoms with E-state index >= 15 is 0 Å². The molecular weight excluding hydrogens is 600 g/mol. The number of carboxylic acids is 1. The van der Waals surface area contributed by atoms with Gasteiger partial charge in [0.05, 0.1) is 32.9 Å². The predicted molar refractivity (Wildman–Crippen MR) is 169 cm³/mol. The van der Waals surface area contributed by atoms with Gasteiger partial charge in [-0.1, -0.05) is 35.9 Å². The number of nitriles is 1. The molecule has 5 rings (SSSR count). The maximum atomic E-state index is 11.7. The van der Waals surface area contributed by atoms with Crippen molar-refractivity contribution in [2.24, 2.45) is 0 Å². The number of nitrogens with zero attached hydrogens (tertiary/aromatic N) is 3. The number of nitrogens with one attached hydrogen (secondary N) is 1. The fourth-order valence-electron chi connectivity index (χ4n) is 4.57. The number of benzene rings is 3. The van der Waals surface area contributed by atoms with E-state index < -0.39 is 18.1 Å². The summed E-state index contributed by atoms with van der Waals surface area (Å²) in [4.78, 5) is 20.2. The molecule has 224 valence electrons. The molecular formula is C33H29ClN4O5S. The van der Waals surface area contributed by atoms with Gasteiger partial charge in [-0.05, 0) is 60.4 Å². The number of aliphatic hydroxyl groups is 1. The second-order valence-corrected chi connectivity index (χ2v) is 11.7. The molecule has 3 N–H and O–H groups in total. The summed E-state index contributed by atoms with van der Waals surface area (Å²) in [5.41, 5.74) is 7.05. The Kier molecular flexibility index (Phi) is 9.42. The van der Waals surface area contributed by atoms with E-state index in [0.717, 1.165) is 32.5 Å². The second kappa shape index (κ2) is 13.4. The monoisotopic (exact) mass is 628 g/mol. The average Bonchev–Trinajstić information content (AvgIpc) is 3.51. The maximum absolute atomic E-state index is 11.7. The van der Waals surface area contributed by atoms with Crippen LogP contribution in [-0.4, -0.2) is 38.3 Å². The lowest BCUT2D eigenvalue weighted by molar-refractivity contribution is -0.145. The van der Waals surface area contributed by atoms with Crippen LogP contribution in [0.15, 0.2) is 72.5 Å². The van der Waals surface area contributed by atoms with Crippen molar-refractivity contribution in [2.75, 3.05) is 6.61 Å². The fraction of sp³-hybridized carbons (Fsp3) is 0.212. The number of ether oxygens (including phenoxy) is 2. The summed E-state index contributed by atoms with van der Waals surface area (Å²) >= 11 is 8.26. The summed E-state index contributed by atoms with van der Waals surface area (Å²) in [5, 5.41) is 31.7. The minimum atomic E-state index is -1.57. The first-order valence-corrected chi connectivity index (χ1v) is 14.9. The molecule has 0 radical (unpaired) electrons. The van der Waals surface area contributed by atoms with Crippen LogP contribution in [0.3, 0.4) is 0 Å². The van der Waals surface area contributed by atoms with E-state index in [2.05, 4.69) is 45.6 Å². The minimum Gasteiger partial charge on any atom is -0.488 e. The zero-order chi connectivity index (χ0) is 31.3. The highest BCUT2D eigenvalue weighted by Crippen LogP contribution is 2.35. The van der Waals surface area contributed by atoms with Gasteiger partial charge in [0.15, 0.2) is 0 Å². The van der Waals surface area contributed by atoms with E-state index in [4.69, 9.17) is 21.1 Å². The molecule has 2 heterocycles. The van der Waals surface area contributed by atoms with Crippen LogP contribution in [0.5, 0.6) is 11.5 Å². The first-order chi connectivity index (χ1) is 21.2. The van der Waals surface area contributed by atoms with Crippen molar-refractivity contribution in [3.8, 4) is 28.7 Å². The molecule has 1 unspecified atom stereocenters. The molecule has 44 heavy (non-hydrogen) atoms. The SMILES string of the molecule is Cc1c(COc2cc(OCc3cncc(C#N)c3)c(CNC(C)(CO)C(=O)O)cc2Cl)cccc1-c1ccc2scnc2c1. The van der Waals surface area contributed by atoms with Crippen molar-refractivity contribution in [3.05, 3.63) is 105 Å². The molecule has 0 bridgehead atoms. The van der Waals surface area contributed by atoms with Gasteiger partial charge in [0.1, 0.15) is 36.3 Å². The molecule has 9 nitrogen and oxygen atoms in total. The number of carbonyl (C=O) groups is 1. The van der Waals surface area contributed by atoms with Crippen LogP contribution in [0.25, 0.3) is 21.3 Å². The van der Waals surface area contributed by atoms with Crippen molar-refractivity contribution < 1.29 is 24.5 Å². The molecule has 0 saturated heterocycles. The minimum absolute atomic E-state index is 0.0413. The van der Waals surface area contributed by atoms with Crippen LogP contribution in [-0.2, 0) is 24.6 Å². The quantitative estimate of drug-likeness (QED) is 0.146. The lowest BCUT2D eigenvalue weighted by atomic mass is 9.96. The first kappa shape index (κ1) is 30.9. The smallest absolute Gasteiger partial charge is 0.326 e. The number of halogens is 1. The van der Waals surface area contributed by atoms with Gasteiger partial charge in [-0.25, -0.2) is 4.98 Å². The largest absolute Gasteiger partial charge is 0.488 e. The number of hydrogen-bond donors (Lipinski definition) is 3. The lowest BCUT2D eigenvalue weighted by Crippen LogP contribution is -2.52. The van der Waals surface area contributed by atoms with Crippen LogP contribution in [0.1, 0.15) is 34.7 Å². The fourth-order valence-corrected chi connectivity index (χ4v) is 5.47. The van der Waals surface area contributed by atoms with Gasteiger partial charge in [0.25, 0.3) is 0 Å². The number of hydrogen-bond acceptors (Lipinski definition) is 9. The molecule has 0 aliphatic carbocycles. The summed E-state index contributed by atoms with van der Waals surface area (Å²) in [6.45, 7) is 3.20. The predicted octanol–water partition coefficient (Wildman–Crippen LogP) is 6.28.